The topological polar surface area (TPSA) is 69.9 Å². The summed E-state index contributed by atoms with van der Waals surface area (Å²) in [5.74, 6) is -0.00166. The zero-order valence-electron chi connectivity index (χ0n) is 10.8. The van der Waals surface area contributed by atoms with E-state index >= 15 is 0 Å². The largest absolute Gasteiger partial charge is 0.464 e. The number of aromatic nitrogens is 4. The predicted octanol–water partition coefficient (Wildman–Crippen LogP) is 2.23. The number of nitrogens with zero attached hydrogens (tertiary/aromatic N) is 4. The van der Waals surface area contributed by atoms with Gasteiger partial charge in [0.25, 0.3) is 0 Å². The molecule has 100 valence electrons. The van der Waals surface area contributed by atoms with Crippen LogP contribution < -0.4 is 0 Å². The van der Waals surface area contributed by atoms with Gasteiger partial charge in [-0.1, -0.05) is 25.4 Å². The number of hydrogen-bond acceptors (Lipinski definition) is 5. The van der Waals surface area contributed by atoms with Crippen molar-refractivity contribution < 1.29 is 9.53 Å². The maximum absolute atomic E-state index is 11.6. The van der Waals surface area contributed by atoms with Gasteiger partial charge in [-0.3, -0.25) is 0 Å². The highest BCUT2D eigenvalue weighted by atomic mass is 35.5. The Morgan fingerprint density at radius 3 is 2.74 bits per heavy atom. The van der Waals surface area contributed by atoms with Gasteiger partial charge < -0.3 is 4.74 Å². The molecule has 2 rings (SSSR count). The smallest absolute Gasteiger partial charge is 0.360 e. The second kappa shape index (κ2) is 5.36. The fraction of sp³-hybridized carbons (Fsp3) is 0.333. The molecule has 0 aliphatic heterocycles. The minimum absolute atomic E-state index is 0.0698. The van der Waals surface area contributed by atoms with Crippen LogP contribution in [0.15, 0.2) is 18.3 Å². The molecule has 6 nitrogen and oxygen atoms in total. The van der Waals surface area contributed by atoms with Crippen molar-refractivity contribution in [1.29, 1.82) is 0 Å². The molecule has 7 heteroatoms. The van der Waals surface area contributed by atoms with E-state index in [1.54, 1.807) is 18.3 Å². The number of ether oxygens (including phenoxy) is 1. The first-order valence-electron chi connectivity index (χ1n) is 5.71. The molecule has 0 aliphatic rings. The van der Waals surface area contributed by atoms with Gasteiger partial charge in [-0.05, 0) is 18.1 Å². The van der Waals surface area contributed by atoms with Gasteiger partial charge in [0.2, 0.25) is 0 Å². The molecule has 0 amide bonds. The molecule has 0 fully saturated rings. The van der Waals surface area contributed by atoms with Crippen LogP contribution >= 0.6 is 11.6 Å². The van der Waals surface area contributed by atoms with Crippen LogP contribution in [0.25, 0.3) is 5.82 Å². The number of halogens is 1. The highest BCUT2D eigenvalue weighted by Gasteiger charge is 2.25. The first-order valence-corrected chi connectivity index (χ1v) is 6.08. The van der Waals surface area contributed by atoms with Crippen molar-refractivity contribution in [3.8, 4) is 5.82 Å². The Labute approximate surface area is 115 Å². The summed E-state index contributed by atoms with van der Waals surface area (Å²) in [4.78, 5) is 11.6. The molecular formula is C12H13ClN4O2. The lowest BCUT2D eigenvalue weighted by Gasteiger charge is -2.08. The Morgan fingerprint density at radius 2 is 2.21 bits per heavy atom. The number of methoxy groups -OCH3 is 1. The van der Waals surface area contributed by atoms with Crippen LogP contribution in [0.1, 0.15) is 35.9 Å². The lowest BCUT2D eigenvalue weighted by atomic mass is 10.1. The molecule has 0 aromatic carbocycles. The van der Waals surface area contributed by atoms with Gasteiger partial charge in [0.1, 0.15) is 0 Å². The lowest BCUT2D eigenvalue weighted by molar-refractivity contribution is 0.0593. The van der Waals surface area contributed by atoms with Gasteiger partial charge in [0.15, 0.2) is 11.5 Å². The summed E-state index contributed by atoms with van der Waals surface area (Å²) in [5.41, 5.74) is 0.779. The molecule has 0 spiro atoms. The van der Waals surface area contributed by atoms with Crippen LogP contribution in [0.5, 0.6) is 0 Å². The van der Waals surface area contributed by atoms with Gasteiger partial charge in [-0.15, -0.1) is 5.10 Å². The molecule has 0 atom stereocenters. The van der Waals surface area contributed by atoms with Crippen molar-refractivity contribution in [3.05, 3.63) is 34.7 Å². The monoisotopic (exact) mass is 280 g/mol. The molecule has 0 N–H and O–H groups in total. The van der Waals surface area contributed by atoms with Crippen molar-refractivity contribution in [2.75, 3.05) is 7.11 Å². The molecule has 0 saturated heterocycles. The quantitative estimate of drug-likeness (QED) is 0.806. The number of hydrogen-bond donors (Lipinski definition) is 0. The summed E-state index contributed by atoms with van der Waals surface area (Å²) < 4.78 is 6.19. The van der Waals surface area contributed by atoms with Crippen LogP contribution in [0, 0.1) is 0 Å². The summed E-state index contributed by atoms with van der Waals surface area (Å²) >= 11 is 6.22. The average Bonchev–Trinajstić information content (AvgIpc) is 2.76. The molecule has 2 aromatic rings. The Morgan fingerprint density at radius 1 is 1.47 bits per heavy atom. The minimum atomic E-state index is -0.574. The number of carbonyl (C=O) groups excluding carboxylic acids is 1. The summed E-state index contributed by atoms with van der Waals surface area (Å²) in [6.07, 6.45) is 1.56. The highest BCUT2D eigenvalue weighted by molar-refractivity contribution is 6.34. The van der Waals surface area contributed by atoms with Crippen LogP contribution in [0.2, 0.25) is 5.02 Å². The van der Waals surface area contributed by atoms with Gasteiger partial charge in [-0.2, -0.15) is 10.2 Å². The molecule has 19 heavy (non-hydrogen) atoms. The maximum atomic E-state index is 11.6. The summed E-state index contributed by atoms with van der Waals surface area (Å²) in [6, 6.07) is 3.48. The highest BCUT2D eigenvalue weighted by Crippen LogP contribution is 2.29. The average molecular weight is 281 g/mol. The van der Waals surface area contributed by atoms with Crippen molar-refractivity contribution in [1.82, 2.24) is 20.0 Å². The minimum Gasteiger partial charge on any atom is -0.464 e. The van der Waals surface area contributed by atoms with Crippen LogP contribution in [0.3, 0.4) is 0 Å². The van der Waals surface area contributed by atoms with E-state index in [-0.39, 0.29) is 16.6 Å². The second-order valence-electron chi connectivity index (χ2n) is 4.19. The van der Waals surface area contributed by atoms with E-state index in [1.165, 1.54) is 11.8 Å². The van der Waals surface area contributed by atoms with E-state index in [9.17, 15) is 4.79 Å². The standard InChI is InChI=1S/C12H13ClN4O2/c1-7(2)11-9(13)10(12(18)19-3)16-17(11)8-5-4-6-14-15-8/h4-7H,1-3H3. The first-order chi connectivity index (χ1) is 9.06. The van der Waals surface area contributed by atoms with E-state index in [4.69, 9.17) is 11.6 Å². The number of esters is 1. The van der Waals surface area contributed by atoms with Gasteiger partial charge in [-0.25, -0.2) is 9.48 Å². The van der Waals surface area contributed by atoms with Gasteiger partial charge in [0.05, 0.1) is 17.8 Å². The third kappa shape index (κ3) is 2.44. The maximum Gasteiger partial charge on any atom is 0.360 e. The van der Waals surface area contributed by atoms with Crippen molar-refractivity contribution in [3.63, 3.8) is 0 Å². The van der Waals surface area contributed by atoms with Crippen LogP contribution in [0.4, 0.5) is 0 Å². The van der Waals surface area contributed by atoms with E-state index in [0.717, 1.165) is 0 Å². The first kappa shape index (κ1) is 13.5. The summed E-state index contributed by atoms with van der Waals surface area (Å²) in [6.45, 7) is 3.91. The molecule has 0 saturated carbocycles. The number of carbonyl (C=O) groups is 1. The fourth-order valence-electron chi connectivity index (χ4n) is 1.72. The lowest BCUT2D eigenvalue weighted by Crippen LogP contribution is -2.07. The molecular weight excluding hydrogens is 268 g/mol. The SMILES string of the molecule is COC(=O)c1nn(-c2cccnn2)c(C(C)C)c1Cl. The molecule has 0 radical (unpaired) electrons. The molecule has 2 heterocycles. The van der Waals surface area contributed by atoms with Crippen LogP contribution in [-0.4, -0.2) is 33.1 Å². The molecule has 0 unspecified atom stereocenters. The van der Waals surface area contributed by atoms with Crippen molar-refractivity contribution in [2.45, 2.75) is 19.8 Å². The predicted molar refractivity (Wildman–Crippen MR) is 69.6 cm³/mol. The Hall–Kier alpha value is -1.95. The summed E-state index contributed by atoms with van der Waals surface area (Å²) in [7, 11) is 1.29. The van der Waals surface area contributed by atoms with E-state index in [0.29, 0.717) is 11.5 Å². The van der Waals surface area contributed by atoms with E-state index < -0.39 is 5.97 Å². The van der Waals surface area contributed by atoms with Crippen LogP contribution in [-0.2, 0) is 4.74 Å². The molecule has 0 aliphatic carbocycles. The Balaban J connectivity index is 2.64. The Kier molecular flexibility index (Phi) is 3.80. The second-order valence-corrected chi connectivity index (χ2v) is 4.57. The van der Waals surface area contributed by atoms with Crippen molar-refractivity contribution >= 4 is 17.6 Å². The van der Waals surface area contributed by atoms with E-state index in [2.05, 4.69) is 20.0 Å². The number of rotatable bonds is 3. The Bertz CT molecular complexity index is 595. The fourth-order valence-corrected chi connectivity index (χ4v) is 2.13. The normalized spacial score (nSPS) is 10.8. The third-order valence-corrected chi connectivity index (χ3v) is 2.93. The molecule has 2 aromatic heterocycles. The van der Waals surface area contributed by atoms with Crippen molar-refractivity contribution in [2.24, 2.45) is 0 Å². The molecule has 0 bridgehead atoms. The van der Waals surface area contributed by atoms with E-state index in [1.807, 2.05) is 13.8 Å². The van der Waals surface area contributed by atoms with Gasteiger partial charge >= 0.3 is 5.97 Å². The van der Waals surface area contributed by atoms with Gasteiger partial charge in [0, 0.05) is 6.20 Å². The zero-order chi connectivity index (χ0) is 14.0. The summed E-state index contributed by atoms with van der Waals surface area (Å²) in [5, 5.41) is 12.2. The third-order valence-electron chi connectivity index (χ3n) is 2.56. The zero-order valence-corrected chi connectivity index (χ0v) is 11.5.